The molecular weight excluding hydrogens is 231 g/mol. The van der Waals surface area contributed by atoms with Gasteiger partial charge in [-0.15, -0.1) is 0 Å². The first-order chi connectivity index (χ1) is 7.38. The van der Waals surface area contributed by atoms with Crippen LogP contribution in [-0.2, 0) is 10.2 Å². The molecule has 6 heteroatoms. The molecule has 2 aliphatic rings. The molecule has 94 valence electrons. The van der Waals surface area contributed by atoms with Gasteiger partial charge < -0.3 is 0 Å². The van der Waals surface area contributed by atoms with Gasteiger partial charge in [-0.2, -0.15) is 17.4 Å². The summed E-state index contributed by atoms with van der Waals surface area (Å²) in [6.45, 7) is 4.29. The number of hydrogen-bond donors (Lipinski definition) is 1. The van der Waals surface area contributed by atoms with Gasteiger partial charge in [0.05, 0.1) is 0 Å². The Balaban J connectivity index is 1.90. The van der Waals surface area contributed by atoms with Crippen LogP contribution in [0.4, 0.5) is 4.39 Å². The Bertz CT molecular complexity index is 344. The van der Waals surface area contributed by atoms with Gasteiger partial charge in [0.2, 0.25) is 0 Å². The van der Waals surface area contributed by atoms with Crippen LogP contribution in [0, 0.1) is 11.8 Å². The summed E-state index contributed by atoms with van der Waals surface area (Å²) in [6, 6.07) is 0.0219. The van der Waals surface area contributed by atoms with Crippen molar-refractivity contribution in [2.45, 2.75) is 38.9 Å². The minimum Gasteiger partial charge on any atom is -0.245 e. The molecule has 1 heterocycles. The van der Waals surface area contributed by atoms with Gasteiger partial charge in [-0.1, -0.05) is 13.8 Å². The molecule has 0 aromatic heterocycles. The van der Waals surface area contributed by atoms with E-state index in [-0.39, 0.29) is 19.1 Å². The van der Waals surface area contributed by atoms with Crippen molar-refractivity contribution < 1.29 is 12.8 Å². The summed E-state index contributed by atoms with van der Waals surface area (Å²) in [5.74, 6) is 1.11. The molecule has 1 saturated carbocycles. The molecule has 1 N–H and O–H groups in total. The van der Waals surface area contributed by atoms with Gasteiger partial charge in [0, 0.05) is 19.1 Å². The summed E-state index contributed by atoms with van der Waals surface area (Å²) in [5, 5.41) is 0. The van der Waals surface area contributed by atoms with E-state index in [1.807, 2.05) is 0 Å². The molecule has 0 spiro atoms. The van der Waals surface area contributed by atoms with Crippen molar-refractivity contribution in [2.75, 3.05) is 13.1 Å². The lowest BCUT2D eigenvalue weighted by Gasteiger charge is -2.33. The van der Waals surface area contributed by atoms with Crippen LogP contribution < -0.4 is 4.72 Å². The van der Waals surface area contributed by atoms with Gasteiger partial charge in [-0.25, -0.2) is 4.39 Å². The lowest BCUT2D eigenvalue weighted by Crippen LogP contribution is -2.56. The number of alkyl halides is 1. The maximum atomic E-state index is 12.6. The van der Waals surface area contributed by atoms with Crippen molar-refractivity contribution in [1.29, 1.82) is 0 Å². The third-order valence-corrected chi connectivity index (χ3v) is 5.35. The highest BCUT2D eigenvalue weighted by atomic mass is 32.2. The van der Waals surface area contributed by atoms with Crippen molar-refractivity contribution >= 4 is 10.2 Å². The van der Waals surface area contributed by atoms with Crippen LogP contribution in [0.1, 0.15) is 26.7 Å². The number of hydrogen-bond acceptors (Lipinski definition) is 2. The first-order valence-electron chi connectivity index (χ1n) is 5.80. The molecule has 3 atom stereocenters. The minimum atomic E-state index is -3.44. The topological polar surface area (TPSA) is 49.4 Å². The van der Waals surface area contributed by atoms with Crippen molar-refractivity contribution in [3.63, 3.8) is 0 Å². The fourth-order valence-corrected chi connectivity index (χ4v) is 3.90. The lowest BCUT2D eigenvalue weighted by atomic mass is 10.0. The van der Waals surface area contributed by atoms with Gasteiger partial charge in [0.15, 0.2) is 0 Å². The average molecular weight is 250 g/mol. The molecule has 0 bridgehead atoms. The van der Waals surface area contributed by atoms with Crippen LogP contribution in [0.25, 0.3) is 0 Å². The number of nitrogens with zero attached hydrogens (tertiary/aromatic N) is 1. The Morgan fingerprint density at radius 1 is 1.19 bits per heavy atom. The third-order valence-electron chi connectivity index (χ3n) is 3.74. The van der Waals surface area contributed by atoms with Crippen LogP contribution in [-0.4, -0.2) is 38.0 Å². The van der Waals surface area contributed by atoms with E-state index >= 15 is 0 Å². The second-order valence-corrected chi connectivity index (χ2v) is 6.86. The standard InChI is InChI=1S/C10H19FN2O2S/c1-7-3-10(4-8(7)2)12-16(14,15)13-5-9(11)6-13/h7-10,12H,3-6H2,1-2H3/t7-,8+,10?. The zero-order valence-corrected chi connectivity index (χ0v) is 10.5. The summed E-state index contributed by atoms with van der Waals surface area (Å²) in [6.07, 6.45) is 0.777. The van der Waals surface area contributed by atoms with Crippen molar-refractivity contribution in [1.82, 2.24) is 9.03 Å². The van der Waals surface area contributed by atoms with Crippen molar-refractivity contribution in [2.24, 2.45) is 11.8 Å². The second kappa shape index (κ2) is 4.23. The normalized spacial score (nSPS) is 37.6. The highest BCUT2D eigenvalue weighted by Crippen LogP contribution is 2.31. The summed E-state index contributed by atoms with van der Waals surface area (Å²) in [4.78, 5) is 0. The van der Waals surface area contributed by atoms with E-state index in [0.717, 1.165) is 12.8 Å². The Morgan fingerprint density at radius 3 is 2.12 bits per heavy atom. The average Bonchev–Trinajstić information content (AvgIpc) is 2.39. The zero-order valence-electron chi connectivity index (χ0n) is 9.69. The van der Waals surface area contributed by atoms with E-state index < -0.39 is 16.4 Å². The first-order valence-corrected chi connectivity index (χ1v) is 7.24. The number of nitrogens with one attached hydrogen (secondary N) is 1. The molecule has 1 aliphatic carbocycles. The van der Waals surface area contributed by atoms with Crippen LogP contribution in [0.5, 0.6) is 0 Å². The molecule has 2 fully saturated rings. The summed E-state index contributed by atoms with van der Waals surface area (Å²) < 4.78 is 40.0. The van der Waals surface area contributed by atoms with E-state index in [9.17, 15) is 12.8 Å². The van der Waals surface area contributed by atoms with E-state index in [0.29, 0.717) is 11.8 Å². The zero-order chi connectivity index (χ0) is 11.9. The molecule has 0 aromatic rings. The fraction of sp³-hybridized carbons (Fsp3) is 1.00. The van der Waals surface area contributed by atoms with Crippen LogP contribution >= 0.6 is 0 Å². The monoisotopic (exact) mass is 250 g/mol. The van der Waals surface area contributed by atoms with Gasteiger partial charge >= 0.3 is 0 Å². The Hall–Kier alpha value is -0.200. The molecule has 1 unspecified atom stereocenters. The molecule has 1 aliphatic heterocycles. The van der Waals surface area contributed by atoms with Gasteiger partial charge in [-0.05, 0) is 24.7 Å². The predicted octanol–water partition coefficient (Wildman–Crippen LogP) is 0.909. The predicted molar refractivity (Wildman–Crippen MR) is 59.9 cm³/mol. The van der Waals surface area contributed by atoms with Gasteiger partial charge in [0.1, 0.15) is 6.17 Å². The van der Waals surface area contributed by atoms with Gasteiger partial charge in [-0.3, -0.25) is 0 Å². The first kappa shape index (κ1) is 12.3. The summed E-state index contributed by atoms with van der Waals surface area (Å²) in [5.41, 5.74) is 0. The fourth-order valence-electron chi connectivity index (χ4n) is 2.42. The third kappa shape index (κ3) is 2.38. The number of halogens is 1. The SMILES string of the molecule is C[C@@H]1CC(NS(=O)(=O)N2CC(F)C2)C[C@@H]1C. The molecule has 1 saturated heterocycles. The van der Waals surface area contributed by atoms with Crippen LogP contribution in [0.2, 0.25) is 0 Å². The quantitative estimate of drug-likeness (QED) is 0.809. The van der Waals surface area contributed by atoms with E-state index in [1.54, 1.807) is 0 Å². The minimum absolute atomic E-state index is 0.00710. The molecule has 0 radical (unpaired) electrons. The maximum absolute atomic E-state index is 12.6. The molecule has 4 nitrogen and oxygen atoms in total. The Morgan fingerprint density at radius 2 is 1.69 bits per heavy atom. The van der Waals surface area contributed by atoms with Crippen molar-refractivity contribution in [3.05, 3.63) is 0 Å². The molecule has 0 amide bonds. The molecular formula is C10H19FN2O2S. The van der Waals surface area contributed by atoms with E-state index in [2.05, 4.69) is 18.6 Å². The summed E-state index contributed by atoms with van der Waals surface area (Å²) >= 11 is 0. The molecule has 0 aromatic carbocycles. The maximum Gasteiger partial charge on any atom is 0.279 e. The van der Waals surface area contributed by atoms with Crippen LogP contribution in [0.15, 0.2) is 0 Å². The number of rotatable bonds is 3. The highest BCUT2D eigenvalue weighted by molar-refractivity contribution is 7.87. The Labute approximate surface area is 96.4 Å². The van der Waals surface area contributed by atoms with Crippen molar-refractivity contribution in [3.8, 4) is 0 Å². The van der Waals surface area contributed by atoms with Gasteiger partial charge in [0.25, 0.3) is 10.2 Å². The van der Waals surface area contributed by atoms with Crippen LogP contribution in [0.3, 0.4) is 0 Å². The Kier molecular flexibility index (Phi) is 3.25. The largest absolute Gasteiger partial charge is 0.279 e. The highest BCUT2D eigenvalue weighted by Gasteiger charge is 2.38. The second-order valence-electron chi connectivity index (χ2n) is 5.16. The molecule has 16 heavy (non-hydrogen) atoms. The van der Waals surface area contributed by atoms with E-state index in [4.69, 9.17) is 0 Å². The lowest BCUT2D eigenvalue weighted by molar-refractivity contribution is 0.139. The van der Waals surface area contributed by atoms with E-state index in [1.165, 1.54) is 4.31 Å². The summed E-state index contributed by atoms with van der Waals surface area (Å²) in [7, 11) is -3.44. The molecule has 2 rings (SSSR count). The smallest absolute Gasteiger partial charge is 0.245 e.